The number of rotatable bonds is 5. The zero-order chi connectivity index (χ0) is 18.8. The normalized spacial score (nSPS) is 16.7. The smallest absolute Gasteiger partial charge is 0.417 e. The largest absolute Gasteiger partial charge is 0.508 e. The molecule has 1 amide bonds. The second-order valence-electron chi connectivity index (χ2n) is 6.65. The average molecular weight is 368 g/mol. The molecule has 2 heterocycles. The monoisotopic (exact) mass is 368 g/mol. The quantitative estimate of drug-likeness (QED) is 0.722. The van der Waals surface area contributed by atoms with Crippen LogP contribution in [0.1, 0.15) is 28.8 Å². The number of carbonyl (C=O) groups is 1. The van der Waals surface area contributed by atoms with E-state index in [1.807, 2.05) is 6.07 Å². The van der Waals surface area contributed by atoms with Crippen LogP contribution in [0.15, 0.2) is 51.7 Å². The maximum atomic E-state index is 13.3. The number of aromatic amines is 1. The predicted molar refractivity (Wildman–Crippen MR) is 98.7 cm³/mol. The van der Waals surface area contributed by atoms with Crippen LogP contribution in [0, 0.1) is 0 Å². The van der Waals surface area contributed by atoms with Crippen molar-refractivity contribution in [3.8, 4) is 5.75 Å². The molecule has 7 nitrogen and oxygen atoms in total. The van der Waals surface area contributed by atoms with Gasteiger partial charge in [0, 0.05) is 25.3 Å². The van der Waals surface area contributed by atoms with Crippen molar-refractivity contribution in [1.82, 2.24) is 9.88 Å². The minimum absolute atomic E-state index is 0.0442. The molecule has 1 fully saturated rings. The van der Waals surface area contributed by atoms with Crippen LogP contribution in [0.2, 0.25) is 0 Å². The fourth-order valence-corrected chi connectivity index (χ4v) is 3.42. The number of fused-ring (bicyclic) bond motifs is 1. The third kappa shape index (κ3) is 3.59. The number of aromatic hydroxyl groups is 1. The number of hydrogen-bond acceptors (Lipinski definition) is 5. The number of ether oxygens (including phenoxy) is 1. The first kappa shape index (κ1) is 17.4. The first-order valence-corrected chi connectivity index (χ1v) is 8.91. The standard InChI is InChI=1S/C20H20N2O5/c23-17-9-2-1-5-13(17)11-22(12-14-6-4-10-26-14)19(24)15-7-3-8-16-18(15)27-20(25)21-16/h1-3,5,7-9,14,23H,4,6,10-12H2,(H,21,25)/t14-/m1/s1. The number of nitrogens with one attached hydrogen (secondary N) is 1. The van der Waals surface area contributed by atoms with Gasteiger partial charge in [-0.25, -0.2) is 4.79 Å². The molecule has 4 rings (SSSR count). The van der Waals surface area contributed by atoms with Gasteiger partial charge < -0.3 is 19.2 Å². The summed E-state index contributed by atoms with van der Waals surface area (Å²) in [6, 6.07) is 11.9. The molecule has 27 heavy (non-hydrogen) atoms. The summed E-state index contributed by atoms with van der Waals surface area (Å²) in [5, 5.41) is 10.1. The second-order valence-corrected chi connectivity index (χ2v) is 6.65. The Morgan fingerprint density at radius 3 is 2.85 bits per heavy atom. The van der Waals surface area contributed by atoms with Crippen LogP contribution in [0.3, 0.4) is 0 Å². The number of aromatic nitrogens is 1. The molecule has 7 heteroatoms. The Morgan fingerprint density at radius 1 is 1.22 bits per heavy atom. The number of oxazole rings is 1. The Morgan fingerprint density at radius 2 is 2.07 bits per heavy atom. The van der Waals surface area contributed by atoms with E-state index in [0.29, 0.717) is 29.8 Å². The third-order valence-electron chi connectivity index (χ3n) is 4.76. The first-order valence-electron chi connectivity index (χ1n) is 8.91. The van der Waals surface area contributed by atoms with Gasteiger partial charge in [-0.3, -0.25) is 9.78 Å². The number of para-hydroxylation sites is 2. The lowest BCUT2D eigenvalue weighted by atomic mass is 10.1. The summed E-state index contributed by atoms with van der Waals surface area (Å²) in [6.07, 6.45) is 1.80. The van der Waals surface area contributed by atoms with Gasteiger partial charge in [0.25, 0.3) is 5.91 Å². The lowest BCUT2D eigenvalue weighted by Crippen LogP contribution is -2.37. The van der Waals surface area contributed by atoms with Gasteiger partial charge in [0.15, 0.2) is 5.58 Å². The molecule has 0 spiro atoms. The van der Waals surface area contributed by atoms with Crippen molar-refractivity contribution in [2.75, 3.05) is 13.2 Å². The van der Waals surface area contributed by atoms with Crippen LogP contribution in [0.4, 0.5) is 0 Å². The van der Waals surface area contributed by atoms with E-state index in [2.05, 4.69) is 4.98 Å². The van der Waals surface area contributed by atoms with Crippen molar-refractivity contribution in [2.45, 2.75) is 25.5 Å². The molecule has 0 saturated carbocycles. The SMILES string of the molecule is O=C(c1cccc2[nH]c(=O)oc12)N(Cc1ccccc1O)C[C@H]1CCCO1. The minimum atomic E-state index is -0.600. The van der Waals surface area contributed by atoms with Gasteiger partial charge in [0.2, 0.25) is 0 Å². The highest BCUT2D eigenvalue weighted by Crippen LogP contribution is 2.24. The average Bonchev–Trinajstić information content (AvgIpc) is 3.30. The van der Waals surface area contributed by atoms with E-state index in [4.69, 9.17) is 9.15 Å². The van der Waals surface area contributed by atoms with Gasteiger partial charge in [-0.1, -0.05) is 24.3 Å². The zero-order valence-corrected chi connectivity index (χ0v) is 14.7. The number of hydrogen-bond donors (Lipinski definition) is 2. The van der Waals surface area contributed by atoms with E-state index in [1.165, 1.54) is 0 Å². The van der Waals surface area contributed by atoms with Gasteiger partial charge in [-0.2, -0.15) is 0 Å². The van der Waals surface area contributed by atoms with E-state index in [9.17, 15) is 14.7 Å². The van der Waals surface area contributed by atoms with Gasteiger partial charge >= 0.3 is 5.76 Å². The highest BCUT2D eigenvalue weighted by molar-refractivity contribution is 6.04. The molecule has 1 aromatic heterocycles. The Bertz CT molecular complexity index is 1020. The summed E-state index contributed by atoms with van der Waals surface area (Å²) in [4.78, 5) is 29.0. The molecular weight excluding hydrogens is 348 g/mol. The number of nitrogens with zero attached hydrogens (tertiary/aromatic N) is 1. The van der Waals surface area contributed by atoms with Crippen LogP contribution >= 0.6 is 0 Å². The van der Waals surface area contributed by atoms with Crippen molar-refractivity contribution >= 4 is 17.0 Å². The van der Waals surface area contributed by atoms with Crippen LogP contribution in [0.5, 0.6) is 5.75 Å². The molecule has 0 aliphatic carbocycles. The van der Waals surface area contributed by atoms with Crippen molar-refractivity contribution < 1.29 is 19.1 Å². The maximum absolute atomic E-state index is 13.3. The number of carbonyl (C=O) groups excluding carboxylic acids is 1. The molecular formula is C20H20N2O5. The lowest BCUT2D eigenvalue weighted by Gasteiger charge is -2.26. The van der Waals surface area contributed by atoms with Gasteiger partial charge in [0.05, 0.1) is 17.2 Å². The van der Waals surface area contributed by atoms with Crippen molar-refractivity contribution in [1.29, 1.82) is 0 Å². The molecule has 2 aromatic carbocycles. The summed E-state index contributed by atoms with van der Waals surface area (Å²) in [6.45, 7) is 1.32. The predicted octanol–water partition coefficient (Wildman–Crippen LogP) is 2.65. The van der Waals surface area contributed by atoms with E-state index < -0.39 is 5.76 Å². The molecule has 3 aromatic rings. The Balaban J connectivity index is 1.68. The topological polar surface area (TPSA) is 95.8 Å². The number of amides is 1. The molecule has 1 saturated heterocycles. The zero-order valence-electron chi connectivity index (χ0n) is 14.7. The number of phenolic OH excluding ortho intramolecular Hbond substituents is 1. The molecule has 0 bridgehead atoms. The Kier molecular flexibility index (Phi) is 4.68. The second kappa shape index (κ2) is 7.28. The first-order chi connectivity index (χ1) is 13.1. The highest BCUT2D eigenvalue weighted by Gasteiger charge is 2.26. The van der Waals surface area contributed by atoms with E-state index >= 15 is 0 Å². The molecule has 140 valence electrons. The van der Waals surface area contributed by atoms with Gasteiger partial charge in [-0.05, 0) is 31.0 Å². The molecule has 2 N–H and O–H groups in total. The van der Waals surface area contributed by atoms with E-state index in [1.54, 1.807) is 41.3 Å². The number of benzene rings is 2. The van der Waals surface area contributed by atoms with Crippen molar-refractivity contribution in [3.63, 3.8) is 0 Å². The molecule has 1 aliphatic rings. The fourth-order valence-electron chi connectivity index (χ4n) is 3.42. The Hall–Kier alpha value is -3.06. The molecule has 1 atom stereocenters. The summed E-state index contributed by atoms with van der Waals surface area (Å²) < 4.78 is 10.9. The van der Waals surface area contributed by atoms with E-state index in [-0.39, 0.29) is 29.9 Å². The summed E-state index contributed by atoms with van der Waals surface area (Å²) in [7, 11) is 0. The van der Waals surface area contributed by atoms with Gasteiger partial charge in [-0.15, -0.1) is 0 Å². The van der Waals surface area contributed by atoms with E-state index in [0.717, 1.165) is 12.8 Å². The van der Waals surface area contributed by atoms with Crippen molar-refractivity contribution in [3.05, 3.63) is 64.1 Å². The molecule has 0 unspecified atom stereocenters. The Labute approximate surface area is 155 Å². The van der Waals surface area contributed by atoms with Crippen LogP contribution in [-0.2, 0) is 11.3 Å². The lowest BCUT2D eigenvalue weighted by molar-refractivity contribution is 0.0506. The maximum Gasteiger partial charge on any atom is 0.417 e. The minimum Gasteiger partial charge on any atom is -0.508 e. The summed E-state index contributed by atoms with van der Waals surface area (Å²) in [5.74, 6) is -0.743. The highest BCUT2D eigenvalue weighted by atomic mass is 16.5. The number of phenols is 1. The third-order valence-corrected chi connectivity index (χ3v) is 4.76. The summed E-state index contributed by atoms with van der Waals surface area (Å²) in [5.41, 5.74) is 1.67. The number of H-pyrrole nitrogens is 1. The van der Waals surface area contributed by atoms with Gasteiger partial charge in [0.1, 0.15) is 5.75 Å². The molecule has 1 aliphatic heterocycles. The van der Waals surface area contributed by atoms with Crippen LogP contribution in [-0.4, -0.2) is 40.2 Å². The van der Waals surface area contributed by atoms with Crippen LogP contribution in [0.25, 0.3) is 11.1 Å². The molecule has 0 radical (unpaired) electrons. The summed E-state index contributed by atoms with van der Waals surface area (Å²) >= 11 is 0. The fraction of sp³-hybridized carbons (Fsp3) is 0.300. The van der Waals surface area contributed by atoms with Crippen molar-refractivity contribution in [2.24, 2.45) is 0 Å². The van der Waals surface area contributed by atoms with Crippen LogP contribution < -0.4 is 5.76 Å².